The zero-order chi connectivity index (χ0) is 14.3. The molecular formula is C14H23N3O2. The summed E-state index contributed by atoms with van der Waals surface area (Å²) in [6.45, 7) is 6.08. The number of hydrogen-bond acceptors (Lipinski definition) is 4. The van der Waals surface area contributed by atoms with Gasteiger partial charge >= 0.3 is 6.09 Å². The van der Waals surface area contributed by atoms with Gasteiger partial charge in [-0.3, -0.25) is 4.98 Å². The molecule has 5 heteroatoms. The summed E-state index contributed by atoms with van der Waals surface area (Å²) in [7, 11) is 0. The fraction of sp³-hybridized carbons (Fsp3) is 0.571. The third-order valence-corrected chi connectivity index (χ3v) is 2.49. The molecule has 1 atom stereocenters. The largest absolute Gasteiger partial charge is 0.444 e. The molecule has 1 heterocycles. The summed E-state index contributed by atoms with van der Waals surface area (Å²) in [4.78, 5) is 15.4. The van der Waals surface area contributed by atoms with Crippen molar-refractivity contribution in [2.75, 3.05) is 6.54 Å². The van der Waals surface area contributed by atoms with E-state index in [4.69, 9.17) is 10.5 Å². The Balaban J connectivity index is 2.19. The number of carbonyl (C=O) groups excluding carboxylic acids is 1. The lowest BCUT2D eigenvalue weighted by Crippen LogP contribution is -2.33. The zero-order valence-corrected chi connectivity index (χ0v) is 11.8. The number of pyridine rings is 1. The Morgan fingerprint density at radius 3 is 2.63 bits per heavy atom. The predicted octanol–water partition coefficient (Wildman–Crippen LogP) is 2.39. The van der Waals surface area contributed by atoms with Crippen LogP contribution in [-0.4, -0.2) is 23.2 Å². The zero-order valence-electron chi connectivity index (χ0n) is 11.8. The highest BCUT2D eigenvalue weighted by Gasteiger charge is 2.15. The summed E-state index contributed by atoms with van der Waals surface area (Å²) < 4.78 is 5.14. The van der Waals surface area contributed by atoms with Gasteiger partial charge in [0.05, 0.1) is 0 Å². The Hall–Kier alpha value is -1.62. The molecule has 0 saturated carbocycles. The number of rotatable bonds is 5. The SMILES string of the molecule is CC(C)(C)OC(=O)NCCCC(N)c1ccncc1. The molecule has 0 spiro atoms. The van der Waals surface area contributed by atoms with Crippen molar-refractivity contribution in [3.63, 3.8) is 0 Å². The van der Waals surface area contributed by atoms with Crippen molar-refractivity contribution in [3.05, 3.63) is 30.1 Å². The van der Waals surface area contributed by atoms with E-state index in [9.17, 15) is 4.79 Å². The van der Waals surface area contributed by atoms with Gasteiger partial charge in [-0.15, -0.1) is 0 Å². The highest BCUT2D eigenvalue weighted by atomic mass is 16.6. The Labute approximate surface area is 114 Å². The monoisotopic (exact) mass is 265 g/mol. The second kappa shape index (κ2) is 7.09. The first-order chi connectivity index (χ1) is 8.88. The van der Waals surface area contributed by atoms with Gasteiger partial charge in [0.1, 0.15) is 5.60 Å². The highest BCUT2D eigenvalue weighted by Crippen LogP contribution is 2.14. The van der Waals surface area contributed by atoms with Crippen LogP contribution in [0.25, 0.3) is 0 Å². The molecule has 5 nitrogen and oxygen atoms in total. The molecule has 0 fully saturated rings. The van der Waals surface area contributed by atoms with Crippen LogP contribution < -0.4 is 11.1 Å². The average molecular weight is 265 g/mol. The minimum atomic E-state index is -0.461. The van der Waals surface area contributed by atoms with Crippen LogP contribution in [0.2, 0.25) is 0 Å². The Morgan fingerprint density at radius 2 is 2.05 bits per heavy atom. The van der Waals surface area contributed by atoms with Crippen molar-refractivity contribution >= 4 is 6.09 Å². The van der Waals surface area contributed by atoms with Gasteiger partial charge in [-0.1, -0.05) is 0 Å². The van der Waals surface area contributed by atoms with Crippen LogP contribution in [0.15, 0.2) is 24.5 Å². The Kier molecular flexibility index (Phi) is 5.76. The van der Waals surface area contributed by atoms with Gasteiger partial charge in [0.25, 0.3) is 0 Å². The van der Waals surface area contributed by atoms with Crippen molar-refractivity contribution in [2.45, 2.75) is 45.3 Å². The van der Waals surface area contributed by atoms with E-state index >= 15 is 0 Å². The second-order valence-corrected chi connectivity index (χ2v) is 5.46. The first-order valence-corrected chi connectivity index (χ1v) is 6.51. The number of ether oxygens (including phenoxy) is 1. The van der Waals surface area contributed by atoms with Crippen LogP contribution >= 0.6 is 0 Å². The molecule has 0 aliphatic carbocycles. The molecule has 106 valence electrons. The third kappa shape index (κ3) is 6.76. The lowest BCUT2D eigenvalue weighted by molar-refractivity contribution is 0.0526. The molecule has 0 saturated heterocycles. The van der Waals surface area contributed by atoms with E-state index in [2.05, 4.69) is 10.3 Å². The first kappa shape index (κ1) is 15.4. The van der Waals surface area contributed by atoms with E-state index in [0.717, 1.165) is 18.4 Å². The average Bonchev–Trinajstić information content (AvgIpc) is 2.33. The third-order valence-electron chi connectivity index (χ3n) is 2.49. The Morgan fingerprint density at radius 1 is 1.42 bits per heavy atom. The van der Waals surface area contributed by atoms with E-state index in [-0.39, 0.29) is 12.1 Å². The summed E-state index contributed by atoms with van der Waals surface area (Å²) in [5.41, 5.74) is 6.64. The second-order valence-electron chi connectivity index (χ2n) is 5.46. The van der Waals surface area contributed by atoms with Crippen LogP contribution in [0.1, 0.15) is 45.2 Å². The summed E-state index contributed by atoms with van der Waals surface area (Å²) >= 11 is 0. The molecule has 1 amide bonds. The molecule has 1 aromatic rings. The minimum Gasteiger partial charge on any atom is -0.444 e. The van der Waals surface area contributed by atoms with Crippen LogP contribution in [0, 0.1) is 0 Å². The van der Waals surface area contributed by atoms with E-state index in [1.807, 2.05) is 32.9 Å². The molecule has 1 unspecified atom stereocenters. The predicted molar refractivity (Wildman–Crippen MR) is 74.6 cm³/mol. The fourth-order valence-electron chi connectivity index (χ4n) is 1.60. The van der Waals surface area contributed by atoms with Gasteiger partial charge < -0.3 is 15.8 Å². The number of amides is 1. The van der Waals surface area contributed by atoms with Gasteiger partial charge in [0.15, 0.2) is 0 Å². The van der Waals surface area contributed by atoms with Gasteiger partial charge in [0, 0.05) is 25.0 Å². The normalized spacial score (nSPS) is 12.8. The molecule has 1 rings (SSSR count). The number of nitrogens with zero attached hydrogens (tertiary/aromatic N) is 1. The standard InChI is InChI=1S/C14H23N3O2/c1-14(2,3)19-13(18)17-8-4-5-12(15)11-6-9-16-10-7-11/h6-7,9-10,12H,4-5,8,15H2,1-3H3,(H,17,18). The van der Waals surface area contributed by atoms with Crippen molar-refractivity contribution in [1.82, 2.24) is 10.3 Å². The molecule has 1 aromatic heterocycles. The highest BCUT2D eigenvalue weighted by molar-refractivity contribution is 5.67. The van der Waals surface area contributed by atoms with Crippen LogP contribution in [0.4, 0.5) is 4.79 Å². The number of nitrogens with two attached hydrogens (primary N) is 1. The summed E-state index contributed by atoms with van der Waals surface area (Å²) in [6.07, 6.45) is 4.69. The Bertz CT molecular complexity index is 387. The number of hydrogen-bond donors (Lipinski definition) is 2. The van der Waals surface area contributed by atoms with Gasteiger partial charge in [-0.25, -0.2) is 4.79 Å². The van der Waals surface area contributed by atoms with Gasteiger partial charge in [0.2, 0.25) is 0 Å². The van der Waals surface area contributed by atoms with E-state index in [0.29, 0.717) is 6.54 Å². The lowest BCUT2D eigenvalue weighted by atomic mass is 10.0. The van der Waals surface area contributed by atoms with Crippen LogP contribution in [0.3, 0.4) is 0 Å². The van der Waals surface area contributed by atoms with Crippen molar-refractivity contribution < 1.29 is 9.53 Å². The van der Waals surface area contributed by atoms with Gasteiger partial charge in [-0.2, -0.15) is 0 Å². The summed E-state index contributed by atoms with van der Waals surface area (Å²) in [6, 6.07) is 3.79. The van der Waals surface area contributed by atoms with E-state index in [1.54, 1.807) is 12.4 Å². The summed E-state index contributed by atoms with van der Waals surface area (Å²) in [5.74, 6) is 0. The maximum absolute atomic E-state index is 11.4. The lowest BCUT2D eigenvalue weighted by Gasteiger charge is -2.19. The van der Waals surface area contributed by atoms with Crippen molar-refractivity contribution in [1.29, 1.82) is 0 Å². The molecule has 0 bridgehead atoms. The topological polar surface area (TPSA) is 77.2 Å². The van der Waals surface area contributed by atoms with Crippen molar-refractivity contribution in [2.24, 2.45) is 5.73 Å². The van der Waals surface area contributed by atoms with Crippen LogP contribution in [0.5, 0.6) is 0 Å². The summed E-state index contributed by atoms with van der Waals surface area (Å²) in [5, 5.41) is 2.72. The number of carbonyl (C=O) groups is 1. The quantitative estimate of drug-likeness (QED) is 0.801. The van der Waals surface area contributed by atoms with Gasteiger partial charge in [-0.05, 0) is 51.3 Å². The minimum absolute atomic E-state index is 0.0246. The number of aromatic nitrogens is 1. The fourth-order valence-corrected chi connectivity index (χ4v) is 1.60. The number of nitrogens with one attached hydrogen (secondary N) is 1. The maximum atomic E-state index is 11.4. The van der Waals surface area contributed by atoms with Crippen molar-refractivity contribution in [3.8, 4) is 0 Å². The van der Waals surface area contributed by atoms with E-state index in [1.165, 1.54) is 0 Å². The van der Waals surface area contributed by atoms with E-state index < -0.39 is 5.60 Å². The van der Waals surface area contributed by atoms with Crippen LogP contribution in [-0.2, 0) is 4.74 Å². The molecule has 0 aromatic carbocycles. The molecular weight excluding hydrogens is 242 g/mol. The first-order valence-electron chi connectivity index (χ1n) is 6.51. The maximum Gasteiger partial charge on any atom is 0.407 e. The molecule has 0 radical (unpaired) electrons. The molecule has 0 aliphatic rings. The molecule has 3 N–H and O–H groups in total. The smallest absolute Gasteiger partial charge is 0.407 e. The molecule has 19 heavy (non-hydrogen) atoms. The number of alkyl carbamates (subject to hydrolysis) is 1. The molecule has 0 aliphatic heterocycles.